The van der Waals surface area contributed by atoms with Crippen LogP contribution in [0.25, 0.3) is 0 Å². The van der Waals surface area contributed by atoms with E-state index >= 15 is 0 Å². The first kappa shape index (κ1) is 12.2. The van der Waals surface area contributed by atoms with Gasteiger partial charge < -0.3 is 14.8 Å². The van der Waals surface area contributed by atoms with Gasteiger partial charge in [0.2, 0.25) is 0 Å². The lowest BCUT2D eigenvalue weighted by Crippen LogP contribution is -2.38. The Hall–Kier alpha value is -0.870. The smallest absolute Gasteiger partial charge is 0.111 e. The molecule has 0 aliphatic heterocycles. The molecule has 1 aromatic rings. The quantitative estimate of drug-likeness (QED) is 0.764. The standard InChI is InChI=1S/C11H20N2O2/c1-4-6-13-7-5-12-10(13)8-9(14)11(2,3)15/h5,7,9,14-15H,4,6,8H2,1-3H3. The monoisotopic (exact) mass is 212 g/mol. The Morgan fingerprint density at radius 1 is 1.53 bits per heavy atom. The Morgan fingerprint density at radius 3 is 2.73 bits per heavy atom. The minimum atomic E-state index is -1.08. The number of aliphatic hydroxyl groups is 2. The minimum absolute atomic E-state index is 0.385. The van der Waals surface area contributed by atoms with Crippen molar-refractivity contribution in [3.8, 4) is 0 Å². The molecule has 2 N–H and O–H groups in total. The van der Waals surface area contributed by atoms with Crippen LogP contribution in [0.3, 0.4) is 0 Å². The van der Waals surface area contributed by atoms with Gasteiger partial charge in [-0.1, -0.05) is 6.92 Å². The lowest BCUT2D eigenvalue weighted by atomic mass is 9.99. The first-order valence-corrected chi connectivity index (χ1v) is 5.35. The molecule has 1 atom stereocenters. The van der Waals surface area contributed by atoms with Crippen molar-refractivity contribution < 1.29 is 10.2 Å². The molecule has 1 rings (SSSR count). The zero-order valence-electron chi connectivity index (χ0n) is 9.64. The average molecular weight is 212 g/mol. The topological polar surface area (TPSA) is 58.3 Å². The molecule has 0 aliphatic rings. The second kappa shape index (κ2) is 4.77. The number of hydrogen-bond donors (Lipinski definition) is 2. The predicted molar refractivity (Wildman–Crippen MR) is 58.5 cm³/mol. The average Bonchev–Trinajstić information content (AvgIpc) is 2.52. The summed E-state index contributed by atoms with van der Waals surface area (Å²) < 4.78 is 2.01. The molecule has 1 aromatic heterocycles. The summed E-state index contributed by atoms with van der Waals surface area (Å²) in [6.07, 6.45) is 4.26. The van der Waals surface area contributed by atoms with Crippen LogP contribution in [0.1, 0.15) is 33.0 Å². The molecule has 0 amide bonds. The van der Waals surface area contributed by atoms with Crippen LogP contribution in [-0.4, -0.2) is 31.5 Å². The number of rotatable bonds is 5. The van der Waals surface area contributed by atoms with E-state index in [4.69, 9.17) is 0 Å². The summed E-state index contributed by atoms with van der Waals surface area (Å²) in [6, 6.07) is 0. The molecule has 0 aliphatic carbocycles. The van der Waals surface area contributed by atoms with Gasteiger partial charge in [0.25, 0.3) is 0 Å². The number of aromatic nitrogens is 2. The summed E-state index contributed by atoms with van der Waals surface area (Å²) in [4.78, 5) is 4.18. The van der Waals surface area contributed by atoms with E-state index in [0.29, 0.717) is 6.42 Å². The van der Waals surface area contributed by atoms with E-state index in [1.807, 2.05) is 10.8 Å². The Labute approximate surface area is 90.6 Å². The second-order valence-electron chi connectivity index (χ2n) is 4.41. The van der Waals surface area contributed by atoms with Gasteiger partial charge in [0.1, 0.15) is 5.82 Å². The van der Waals surface area contributed by atoms with Crippen LogP contribution in [0.5, 0.6) is 0 Å². The molecule has 15 heavy (non-hydrogen) atoms. The van der Waals surface area contributed by atoms with Gasteiger partial charge in [-0.3, -0.25) is 0 Å². The number of hydrogen-bond acceptors (Lipinski definition) is 3. The fourth-order valence-electron chi connectivity index (χ4n) is 1.40. The highest BCUT2D eigenvalue weighted by molar-refractivity contribution is 4.96. The molecular weight excluding hydrogens is 192 g/mol. The number of imidazole rings is 1. The van der Waals surface area contributed by atoms with Gasteiger partial charge in [-0.05, 0) is 20.3 Å². The van der Waals surface area contributed by atoms with Gasteiger partial charge >= 0.3 is 0 Å². The van der Waals surface area contributed by atoms with E-state index in [2.05, 4.69) is 11.9 Å². The van der Waals surface area contributed by atoms with Crippen molar-refractivity contribution in [3.05, 3.63) is 18.2 Å². The zero-order valence-corrected chi connectivity index (χ0v) is 9.64. The minimum Gasteiger partial charge on any atom is -0.390 e. The highest BCUT2D eigenvalue weighted by Gasteiger charge is 2.25. The number of aliphatic hydroxyl groups excluding tert-OH is 1. The van der Waals surface area contributed by atoms with Gasteiger partial charge in [0.15, 0.2) is 0 Å². The third kappa shape index (κ3) is 3.32. The maximum Gasteiger partial charge on any atom is 0.111 e. The zero-order chi connectivity index (χ0) is 11.5. The lowest BCUT2D eigenvalue weighted by Gasteiger charge is -2.24. The molecule has 4 nitrogen and oxygen atoms in total. The van der Waals surface area contributed by atoms with Crippen LogP contribution >= 0.6 is 0 Å². The van der Waals surface area contributed by atoms with Crippen LogP contribution in [0.15, 0.2) is 12.4 Å². The molecule has 0 radical (unpaired) electrons. The second-order valence-corrected chi connectivity index (χ2v) is 4.41. The molecule has 0 saturated heterocycles. The van der Waals surface area contributed by atoms with Gasteiger partial charge in [-0.2, -0.15) is 0 Å². The van der Waals surface area contributed by atoms with Crippen LogP contribution < -0.4 is 0 Å². The van der Waals surface area contributed by atoms with Crippen molar-refractivity contribution in [3.63, 3.8) is 0 Å². The van der Waals surface area contributed by atoms with E-state index in [9.17, 15) is 10.2 Å². The van der Waals surface area contributed by atoms with E-state index in [0.717, 1.165) is 18.8 Å². The van der Waals surface area contributed by atoms with Crippen LogP contribution in [-0.2, 0) is 13.0 Å². The van der Waals surface area contributed by atoms with Crippen LogP contribution in [0.2, 0.25) is 0 Å². The van der Waals surface area contributed by atoms with E-state index in [-0.39, 0.29) is 0 Å². The van der Waals surface area contributed by atoms with E-state index < -0.39 is 11.7 Å². The molecule has 4 heteroatoms. The van der Waals surface area contributed by atoms with E-state index in [1.165, 1.54) is 0 Å². The Morgan fingerprint density at radius 2 is 2.20 bits per heavy atom. The summed E-state index contributed by atoms with van der Waals surface area (Å²) >= 11 is 0. The predicted octanol–water partition coefficient (Wildman–Crippen LogP) is 0.967. The van der Waals surface area contributed by atoms with Crippen molar-refractivity contribution in [1.29, 1.82) is 0 Å². The number of aryl methyl sites for hydroxylation is 1. The van der Waals surface area contributed by atoms with Crippen molar-refractivity contribution >= 4 is 0 Å². The van der Waals surface area contributed by atoms with Gasteiger partial charge in [0.05, 0.1) is 11.7 Å². The van der Waals surface area contributed by atoms with E-state index in [1.54, 1.807) is 20.0 Å². The first-order valence-electron chi connectivity index (χ1n) is 5.35. The molecule has 0 aromatic carbocycles. The third-order valence-electron chi connectivity index (χ3n) is 2.46. The maximum atomic E-state index is 9.75. The molecule has 0 fully saturated rings. The normalized spacial score (nSPS) is 14.2. The fraction of sp³-hybridized carbons (Fsp3) is 0.727. The van der Waals surface area contributed by atoms with Crippen LogP contribution in [0.4, 0.5) is 0 Å². The third-order valence-corrected chi connectivity index (χ3v) is 2.46. The lowest BCUT2D eigenvalue weighted by molar-refractivity contribution is -0.0481. The molecule has 0 saturated carbocycles. The Balaban J connectivity index is 2.68. The largest absolute Gasteiger partial charge is 0.390 e. The van der Waals surface area contributed by atoms with Gasteiger partial charge in [-0.15, -0.1) is 0 Å². The van der Waals surface area contributed by atoms with Crippen LogP contribution in [0, 0.1) is 0 Å². The summed E-state index contributed by atoms with van der Waals surface area (Å²) in [5.74, 6) is 0.825. The van der Waals surface area contributed by atoms with Crippen molar-refractivity contribution in [2.75, 3.05) is 0 Å². The Bertz CT molecular complexity index is 302. The summed E-state index contributed by atoms with van der Waals surface area (Å²) in [6.45, 7) is 6.19. The molecular formula is C11H20N2O2. The van der Waals surface area contributed by atoms with Crippen molar-refractivity contribution in [2.45, 2.75) is 51.9 Å². The Kier molecular flexibility index (Phi) is 3.88. The highest BCUT2D eigenvalue weighted by Crippen LogP contribution is 2.13. The molecule has 1 unspecified atom stereocenters. The van der Waals surface area contributed by atoms with Gasteiger partial charge in [-0.25, -0.2) is 4.98 Å². The van der Waals surface area contributed by atoms with Gasteiger partial charge in [0, 0.05) is 25.4 Å². The number of nitrogens with zero attached hydrogens (tertiary/aromatic N) is 2. The van der Waals surface area contributed by atoms with Crippen molar-refractivity contribution in [2.24, 2.45) is 0 Å². The molecule has 0 bridgehead atoms. The highest BCUT2D eigenvalue weighted by atomic mass is 16.3. The summed E-state index contributed by atoms with van der Waals surface area (Å²) in [7, 11) is 0. The molecule has 86 valence electrons. The summed E-state index contributed by atoms with van der Waals surface area (Å²) in [5.41, 5.74) is -1.08. The molecule has 1 heterocycles. The fourth-order valence-corrected chi connectivity index (χ4v) is 1.40. The first-order chi connectivity index (χ1) is 6.95. The summed E-state index contributed by atoms with van der Waals surface area (Å²) in [5, 5.41) is 19.4. The SMILES string of the molecule is CCCn1ccnc1CC(O)C(C)(C)O. The maximum absolute atomic E-state index is 9.75. The molecule has 0 spiro atoms. The van der Waals surface area contributed by atoms with Crippen molar-refractivity contribution in [1.82, 2.24) is 9.55 Å².